The lowest BCUT2D eigenvalue weighted by Crippen LogP contribution is -2.01. The van der Waals surface area contributed by atoms with E-state index in [0.717, 1.165) is 10.0 Å². The van der Waals surface area contributed by atoms with Crippen molar-refractivity contribution >= 4 is 27.4 Å². The van der Waals surface area contributed by atoms with E-state index in [1.165, 1.54) is 12.1 Å². The van der Waals surface area contributed by atoms with Gasteiger partial charge in [-0.25, -0.2) is 0 Å². The van der Waals surface area contributed by atoms with E-state index in [9.17, 15) is 10.1 Å². The minimum Gasteiger partial charge on any atom is -0.473 e. The molecule has 1 aromatic heterocycles. The molecular formula is C12H10BrN3O3. The summed E-state index contributed by atoms with van der Waals surface area (Å²) in [5.74, 6) is 0.189. The van der Waals surface area contributed by atoms with E-state index in [-0.39, 0.29) is 24.0 Å². The Morgan fingerprint density at radius 3 is 2.63 bits per heavy atom. The van der Waals surface area contributed by atoms with Crippen LogP contribution in [0.4, 0.5) is 11.5 Å². The topological polar surface area (TPSA) is 91.3 Å². The lowest BCUT2D eigenvalue weighted by Gasteiger charge is -2.06. The number of nitro groups is 1. The number of ether oxygens (including phenoxy) is 1. The highest BCUT2D eigenvalue weighted by Gasteiger charge is 2.10. The van der Waals surface area contributed by atoms with Gasteiger partial charge < -0.3 is 10.5 Å². The lowest BCUT2D eigenvalue weighted by atomic mass is 10.2. The number of aromatic nitrogens is 1. The molecule has 2 aromatic rings. The van der Waals surface area contributed by atoms with E-state index >= 15 is 0 Å². The Balaban J connectivity index is 2.11. The molecule has 0 fully saturated rings. The van der Waals surface area contributed by atoms with Gasteiger partial charge >= 0.3 is 0 Å². The Kier molecular flexibility index (Phi) is 3.96. The van der Waals surface area contributed by atoms with Gasteiger partial charge in [0.1, 0.15) is 12.4 Å². The van der Waals surface area contributed by atoms with Gasteiger partial charge in [-0.15, -0.1) is 0 Å². The minimum atomic E-state index is -0.537. The van der Waals surface area contributed by atoms with Crippen LogP contribution in [0.5, 0.6) is 5.88 Å². The van der Waals surface area contributed by atoms with Gasteiger partial charge in [-0.1, -0.05) is 28.1 Å². The number of nitrogens with zero attached hydrogens (tertiary/aromatic N) is 2. The summed E-state index contributed by atoms with van der Waals surface area (Å²) in [5.41, 5.74) is 6.27. The van der Waals surface area contributed by atoms with E-state index in [1.807, 2.05) is 24.3 Å². The largest absolute Gasteiger partial charge is 0.473 e. The average Bonchev–Trinajstić information content (AvgIpc) is 2.37. The molecule has 0 amide bonds. The Bertz CT molecular complexity index is 602. The zero-order chi connectivity index (χ0) is 13.8. The van der Waals surface area contributed by atoms with Crippen LogP contribution in [0.1, 0.15) is 5.56 Å². The third-order valence-electron chi connectivity index (χ3n) is 2.32. The molecule has 7 heteroatoms. The van der Waals surface area contributed by atoms with Gasteiger partial charge in [-0.3, -0.25) is 10.1 Å². The average molecular weight is 324 g/mol. The fraction of sp³-hybridized carbons (Fsp3) is 0.0833. The maximum atomic E-state index is 10.7. The molecule has 98 valence electrons. The SMILES string of the molecule is Nc1cc([N+](=O)[O-])cc(OCc2ccc(Br)cc2)n1. The first kappa shape index (κ1) is 13.3. The number of pyridine rings is 1. The first-order chi connectivity index (χ1) is 9.04. The van der Waals surface area contributed by atoms with Crippen molar-refractivity contribution < 1.29 is 9.66 Å². The molecule has 2 rings (SSSR count). The van der Waals surface area contributed by atoms with Crippen molar-refractivity contribution in [1.82, 2.24) is 4.98 Å². The highest BCUT2D eigenvalue weighted by atomic mass is 79.9. The molecule has 0 aliphatic heterocycles. The van der Waals surface area contributed by atoms with Crippen molar-refractivity contribution in [1.29, 1.82) is 0 Å². The molecule has 0 aliphatic carbocycles. The van der Waals surface area contributed by atoms with Crippen LogP contribution in [0.25, 0.3) is 0 Å². The molecular weight excluding hydrogens is 314 g/mol. The number of hydrogen-bond donors (Lipinski definition) is 1. The summed E-state index contributed by atoms with van der Waals surface area (Å²) in [6, 6.07) is 9.96. The lowest BCUT2D eigenvalue weighted by molar-refractivity contribution is -0.384. The molecule has 19 heavy (non-hydrogen) atoms. The molecule has 0 aliphatic rings. The van der Waals surface area contributed by atoms with Crippen molar-refractivity contribution in [3.63, 3.8) is 0 Å². The van der Waals surface area contributed by atoms with Crippen LogP contribution < -0.4 is 10.5 Å². The zero-order valence-electron chi connectivity index (χ0n) is 9.75. The zero-order valence-corrected chi connectivity index (χ0v) is 11.3. The maximum Gasteiger partial charge on any atom is 0.278 e. The summed E-state index contributed by atoms with van der Waals surface area (Å²) in [4.78, 5) is 14.0. The molecule has 0 spiro atoms. The smallest absolute Gasteiger partial charge is 0.278 e. The second-order valence-corrected chi connectivity index (χ2v) is 4.68. The molecule has 2 N–H and O–H groups in total. The molecule has 6 nitrogen and oxygen atoms in total. The summed E-state index contributed by atoms with van der Waals surface area (Å²) < 4.78 is 6.36. The third-order valence-corrected chi connectivity index (χ3v) is 2.85. The molecule has 1 heterocycles. The van der Waals surface area contributed by atoms with Gasteiger partial charge in [-0.05, 0) is 17.7 Å². The predicted molar refractivity (Wildman–Crippen MR) is 73.8 cm³/mol. The highest BCUT2D eigenvalue weighted by Crippen LogP contribution is 2.21. The molecule has 0 bridgehead atoms. The van der Waals surface area contributed by atoms with Crippen LogP contribution in [0.3, 0.4) is 0 Å². The minimum absolute atomic E-state index is 0.0556. The monoisotopic (exact) mass is 323 g/mol. The second-order valence-electron chi connectivity index (χ2n) is 3.76. The second kappa shape index (κ2) is 5.66. The Morgan fingerprint density at radius 2 is 2.00 bits per heavy atom. The molecule has 0 saturated heterocycles. The van der Waals surface area contributed by atoms with E-state index in [1.54, 1.807) is 0 Å². The van der Waals surface area contributed by atoms with E-state index < -0.39 is 4.92 Å². The summed E-state index contributed by atoms with van der Waals surface area (Å²) in [7, 11) is 0. The van der Waals surface area contributed by atoms with Crippen LogP contribution >= 0.6 is 15.9 Å². The summed E-state index contributed by atoms with van der Waals surface area (Å²) in [5, 5.41) is 10.7. The van der Waals surface area contributed by atoms with Crippen LogP contribution in [-0.4, -0.2) is 9.91 Å². The number of anilines is 1. The van der Waals surface area contributed by atoms with Gasteiger partial charge in [0.2, 0.25) is 5.88 Å². The first-order valence-electron chi connectivity index (χ1n) is 5.34. The van der Waals surface area contributed by atoms with Crippen LogP contribution in [0, 0.1) is 10.1 Å². The van der Waals surface area contributed by atoms with E-state index in [4.69, 9.17) is 10.5 Å². The molecule has 0 unspecified atom stereocenters. The van der Waals surface area contributed by atoms with E-state index in [2.05, 4.69) is 20.9 Å². The third kappa shape index (κ3) is 3.65. The summed E-state index contributed by atoms with van der Waals surface area (Å²) in [6.07, 6.45) is 0. The van der Waals surface area contributed by atoms with Gasteiger partial charge in [0.05, 0.1) is 17.1 Å². The predicted octanol–water partition coefficient (Wildman–Crippen LogP) is 2.91. The van der Waals surface area contributed by atoms with Gasteiger partial charge in [0, 0.05) is 4.47 Å². The van der Waals surface area contributed by atoms with Gasteiger partial charge in [-0.2, -0.15) is 4.98 Å². The van der Waals surface area contributed by atoms with Crippen LogP contribution in [-0.2, 0) is 6.61 Å². The molecule has 0 atom stereocenters. The number of benzene rings is 1. The van der Waals surface area contributed by atoms with Crippen LogP contribution in [0.2, 0.25) is 0 Å². The number of hydrogen-bond acceptors (Lipinski definition) is 5. The van der Waals surface area contributed by atoms with Crippen molar-refractivity contribution in [2.75, 3.05) is 5.73 Å². The molecule has 0 radical (unpaired) electrons. The summed E-state index contributed by atoms with van der Waals surface area (Å²) >= 11 is 3.33. The van der Waals surface area contributed by atoms with Crippen molar-refractivity contribution in [2.24, 2.45) is 0 Å². The van der Waals surface area contributed by atoms with E-state index in [0.29, 0.717) is 0 Å². The number of nitrogen functional groups attached to an aromatic ring is 1. The molecule has 1 aromatic carbocycles. The van der Waals surface area contributed by atoms with Gasteiger partial charge in [0.15, 0.2) is 0 Å². The Morgan fingerprint density at radius 1 is 1.32 bits per heavy atom. The van der Waals surface area contributed by atoms with Crippen LogP contribution in [0.15, 0.2) is 40.9 Å². The quantitative estimate of drug-likeness (QED) is 0.690. The van der Waals surface area contributed by atoms with Gasteiger partial charge in [0.25, 0.3) is 5.69 Å². The Hall–Kier alpha value is -2.15. The number of rotatable bonds is 4. The molecule has 0 saturated carbocycles. The number of nitrogens with two attached hydrogens (primary N) is 1. The maximum absolute atomic E-state index is 10.7. The fourth-order valence-electron chi connectivity index (χ4n) is 1.43. The fourth-order valence-corrected chi connectivity index (χ4v) is 1.69. The van der Waals surface area contributed by atoms with Crippen molar-refractivity contribution in [3.05, 3.63) is 56.5 Å². The Labute approximate surface area is 117 Å². The van der Waals surface area contributed by atoms with Crippen molar-refractivity contribution in [3.8, 4) is 5.88 Å². The first-order valence-corrected chi connectivity index (χ1v) is 6.13. The standard InChI is InChI=1S/C12H10BrN3O3/c13-9-3-1-8(2-4-9)7-19-12-6-10(16(17)18)5-11(14)15-12/h1-6H,7H2,(H2,14,15). The van der Waals surface area contributed by atoms with Crippen molar-refractivity contribution in [2.45, 2.75) is 6.61 Å². The summed E-state index contributed by atoms with van der Waals surface area (Å²) in [6.45, 7) is 0.265. The highest BCUT2D eigenvalue weighted by molar-refractivity contribution is 9.10. The normalized spacial score (nSPS) is 10.2. The number of halogens is 1.